The summed E-state index contributed by atoms with van der Waals surface area (Å²) in [6, 6.07) is 8.22. The van der Waals surface area contributed by atoms with Gasteiger partial charge in [-0.15, -0.1) is 0 Å². The van der Waals surface area contributed by atoms with E-state index in [1.807, 2.05) is 0 Å². The Morgan fingerprint density at radius 1 is 1.14 bits per heavy atom. The first kappa shape index (κ1) is 15.9. The molecule has 0 heterocycles. The minimum absolute atomic E-state index is 0.0492. The van der Waals surface area contributed by atoms with Gasteiger partial charge in [0.1, 0.15) is 5.82 Å². The average molecular weight is 347 g/mol. The maximum atomic E-state index is 13.1. The fraction of sp³-hybridized carbons (Fsp3) is 0.0714. The van der Waals surface area contributed by atoms with E-state index < -0.39 is 22.6 Å². The molecule has 0 aliphatic carbocycles. The van der Waals surface area contributed by atoms with Crippen LogP contribution in [0.15, 0.2) is 41.3 Å². The number of hydrogen-bond acceptors (Lipinski definition) is 2. The summed E-state index contributed by atoms with van der Waals surface area (Å²) >= 11 is 11.4. The number of hydrogen-bond donors (Lipinski definition) is 1. The molecule has 1 unspecified atom stereocenters. The first-order valence-corrected chi connectivity index (χ1v) is 7.81. The van der Waals surface area contributed by atoms with Crippen molar-refractivity contribution in [1.29, 1.82) is 0 Å². The monoisotopic (exact) mass is 346 g/mol. The summed E-state index contributed by atoms with van der Waals surface area (Å²) in [4.78, 5) is 11.3. The van der Waals surface area contributed by atoms with Crippen LogP contribution in [0.3, 0.4) is 0 Å². The number of carboxylic acids is 1. The van der Waals surface area contributed by atoms with Gasteiger partial charge in [0.2, 0.25) is 0 Å². The second kappa shape index (κ2) is 6.56. The number of halogens is 3. The van der Waals surface area contributed by atoms with Crippen molar-refractivity contribution in [2.24, 2.45) is 0 Å². The second-order valence-corrected chi connectivity index (χ2v) is 6.45. The van der Waals surface area contributed by atoms with E-state index in [4.69, 9.17) is 28.3 Å². The van der Waals surface area contributed by atoms with Crippen molar-refractivity contribution in [2.75, 3.05) is 0 Å². The molecular formula is C14H9Cl2FO3S. The van der Waals surface area contributed by atoms with E-state index in [9.17, 15) is 13.4 Å². The van der Waals surface area contributed by atoms with E-state index in [-0.39, 0.29) is 21.4 Å². The van der Waals surface area contributed by atoms with Gasteiger partial charge in [0.25, 0.3) is 0 Å². The third kappa shape index (κ3) is 3.81. The van der Waals surface area contributed by atoms with Crippen molar-refractivity contribution in [1.82, 2.24) is 0 Å². The first-order valence-electron chi connectivity index (χ1n) is 5.73. The molecule has 7 heteroatoms. The lowest BCUT2D eigenvalue weighted by Crippen LogP contribution is -2.02. The SMILES string of the molecule is O=C(O)c1cc(S(=O)Cc2ccc(F)c(Cl)c2)ccc1Cl. The van der Waals surface area contributed by atoms with Gasteiger partial charge in [-0.3, -0.25) is 4.21 Å². The molecule has 21 heavy (non-hydrogen) atoms. The van der Waals surface area contributed by atoms with E-state index in [2.05, 4.69) is 0 Å². The van der Waals surface area contributed by atoms with Gasteiger partial charge >= 0.3 is 5.97 Å². The van der Waals surface area contributed by atoms with E-state index in [1.165, 1.54) is 36.4 Å². The smallest absolute Gasteiger partial charge is 0.337 e. The number of rotatable bonds is 4. The topological polar surface area (TPSA) is 54.4 Å². The largest absolute Gasteiger partial charge is 0.478 e. The van der Waals surface area contributed by atoms with Crippen LogP contribution in [-0.2, 0) is 16.6 Å². The minimum Gasteiger partial charge on any atom is -0.478 e. The molecule has 110 valence electrons. The molecule has 0 aliphatic heterocycles. The predicted molar refractivity (Wildman–Crippen MR) is 79.9 cm³/mol. The Kier molecular flexibility index (Phi) is 4.98. The van der Waals surface area contributed by atoms with Crippen LogP contribution in [-0.4, -0.2) is 15.3 Å². The van der Waals surface area contributed by atoms with Crippen LogP contribution < -0.4 is 0 Å². The summed E-state index contributed by atoms with van der Waals surface area (Å²) in [5.41, 5.74) is 0.478. The maximum Gasteiger partial charge on any atom is 0.337 e. The van der Waals surface area contributed by atoms with E-state index in [0.29, 0.717) is 10.5 Å². The highest BCUT2D eigenvalue weighted by molar-refractivity contribution is 7.84. The van der Waals surface area contributed by atoms with Crippen LogP contribution in [0.4, 0.5) is 4.39 Å². The molecule has 2 aromatic rings. The van der Waals surface area contributed by atoms with Gasteiger partial charge in [-0.1, -0.05) is 29.3 Å². The molecule has 0 spiro atoms. The van der Waals surface area contributed by atoms with Crippen LogP contribution >= 0.6 is 23.2 Å². The molecule has 0 saturated carbocycles. The van der Waals surface area contributed by atoms with Gasteiger partial charge < -0.3 is 5.11 Å². The lowest BCUT2D eigenvalue weighted by molar-refractivity contribution is 0.0697. The standard InChI is InChI=1S/C14H9Cl2FO3S/c15-11-3-2-9(6-10(11)14(18)19)21(20)7-8-1-4-13(17)12(16)5-8/h1-6H,7H2,(H,18,19). The second-order valence-electron chi connectivity index (χ2n) is 4.19. The van der Waals surface area contributed by atoms with Crippen LogP contribution in [0.5, 0.6) is 0 Å². The molecule has 1 N–H and O–H groups in total. The Morgan fingerprint density at radius 2 is 1.86 bits per heavy atom. The Morgan fingerprint density at radius 3 is 2.48 bits per heavy atom. The Hall–Kier alpha value is -1.43. The highest BCUT2D eigenvalue weighted by atomic mass is 35.5. The molecule has 2 aromatic carbocycles. The molecule has 0 aromatic heterocycles. The molecule has 0 radical (unpaired) electrons. The molecule has 0 aliphatic rings. The van der Waals surface area contributed by atoms with Crippen molar-refractivity contribution in [3.63, 3.8) is 0 Å². The van der Waals surface area contributed by atoms with Crippen molar-refractivity contribution >= 4 is 40.0 Å². The lowest BCUT2D eigenvalue weighted by Gasteiger charge is -2.06. The summed E-state index contributed by atoms with van der Waals surface area (Å²) < 4.78 is 25.3. The van der Waals surface area contributed by atoms with Gasteiger partial charge in [-0.25, -0.2) is 9.18 Å². The summed E-state index contributed by atoms with van der Waals surface area (Å²) in [6.45, 7) is 0. The van der Waals surface area contributed by atoms with E-state index in [0.717, 1.165) is 0 Å². The average Bonchev–Trinajstić information content (AvgIpc) is 2.43. The lowest BCUT2D eigenvalue weighted by atomic mass is 10.2. The molecule has 0 bridgehead atoms. The van der Waals surface area contributed by atoms with Crippen molar-refractivity contribution in [3.8, 4) is 0 Å². The molecule has 0 saturated heterocycles. The van der Waals surface area contributed by atoms with Gasteiger partial charge in [0, 0.05) is 4.90 Å². The normalized spacial score (nSPS) is 12.1. The zero-order chi connectivity index (χ0) is 15.6. The van der Waals surface area contributed by atoms with Gasteiger partial charge in [0.15, 0.2) is 0 Å². The highest BCUT2D eigenvalue weighted by Crippen LogP contribution is 2.22. The van der Waals surface area contributed by atoms with Crippen molar-refractivity contribution in [2.45, 2.75) is 10.6 Å². The summed E-state index contributed by atoms with van der Waals surface area (Å²) in [6.07, 6.45) is 0. The zero-order valence-corrected chi connectivity index (χ0v) is 12.8. The first-order chi connectivity index (χ1) is 9.88. The van der Waals surface area contributed by atoms with Gasteiger partial charge in [-0.05, 0) is 35.9 Å². The maximum absolute atomic E-state index is 13.1. The molecule has 1 atom stereocenters. The van der Waals surface area contributed by atoms with E-state index in [1.54, 1.807) is 0 Å². The van der Waals surface area contributed by atoms with Crippen molar-refractivity contribution in [3.05, 3.63) is 63.4 Å². The molecular weight excluding hydrogens is 338 g/mol. The number of carbonyl (C=O) groups is 1. The third-order valence-corrected chi connectivity index (χ3v) is 4.71. The third-order valence-electron chi connectivity index (χ3n) is 2.71. The quantitative estimate of drug-likeness (QED) is 0.904. The fourth-order valence-corrected chi connectivity index (χ4v) is 3.19. The fourth-order valence-electron chi connectivity index (χ4n) is 1.67. The van der Waals surface area contributed by atoms with Crippen LogP contribution in [0.1, 0.15) is 15.9 Å². The van der Waals surface area contributed by atoms with Gasteiger partial charge in [-0.2, -0.15) is 0 Å². The molecule has 2 rings (SSSR count). The Bertz CT molecular complexity index is 734. The number of aromatic carboxylic acids is 1. The number of benzene rings is 2. The zero-order valence-electron chi connectivity index (χ0n) is 10.5. The Balaban J connectivity index is 2.26. The van der Waals surface area contributed by atoms with Gasteiger partial charge in [0.05, 0.1) is 32.2 Å². The highest BCUT2D eigenvalue weighted by Gasteiger charge is 2.13. The number of carboxylic acid groups (broad SMARTS) is 1. The summed E-state index contributed by atoms with van der Waals surface area (Å²) in [5.74, 6) is -1.64. The van der Waals surface area contributed by atoms with Crippen LogP contribution in [0, 0.1) is 5.82 Å². The molecule has 0 fully saturated rings. The summed E-state index contributed by atoms with van der Waals surface area (Å²) in [7, 11) is -1.49. The molecule has 0 amide bonds. The predicted octanol–water partition coefficient (Wildman–Crippen LogP) is 4.14. The van der Waals surface area contributed by atoms with Crippen molar-refractivity contribution < 1.29 is 18.5 Å². The summed E-state index contributed by atoms with van der Waals surface area (Å²) in [5, 5.41) is 9.01. The van der Waals surface area contributed by atoms with E-state index >= 15 is 0 Å². The van der Waals surface area contributed by atoms with Crippen LogP contribution in [0.2, 0.25) is 10.0 Å². The van der Waals surface area contributed by atoms with Crippen LogP contribution in [0.25, 0.3) is 0 Å². The Labute approximate surface area is 132 Å². The molecule has 3 nitrogen and oxygen atoms in total. The minimum atomic E-state index is -1.49.